The Kier molecular flexibility index (Phi) is 7.55. The van der Waals surface area contributed by atoms with E-state index in [1.165, 1.54) is 77.1 Å². The zero-order chi connectivity index (χ0) is 38.1. The van der Waals surface area contributed by atoms with Crippen LogP contribution in [0.5, 0.6) is 0 Å². The van der Waals surface area contributed by atoms with Crippen molar-refractivity contribution in [2.24, 2.45) is 0 Å². The van der Waals surface area contributed by atoms with Gasteiger partial charge in [-0.25, -0.2) is 0 Å². The van der Waals surface area contributed by atoms with Gasteiger partial charge in [-0.1, -0.05) is 166 Å². The molecule has 0 amide bonds. The summed E-state index contributed by atoms with van der Waals surface area (Å²) < 4.78 is 2.50. The Morgan fingerprint density at radius 3 is 1.61 bits per heavy atom. The topological polar surface area (TPSA) is 8.17 Å². The van der Waals surface area contributed by atoms with Gasteiger partial charge in [-0.05, 0) is 104 Å². The van der Waals surface area contributed by atoms with Gasteiger partial charge >= 0.3 is 0 Å². The van der Waals surface area contributed by atoms with Crippen molar-refractivity contribution in [1.29, 1.82) is 0 Å². The number of hydrogen-bond acceptors (Lipinski definition) is 1. The zero-order valence-corrected chi connectivity index (χ0v) is 32.0. The summed E-state index contributed by atoms with van der Waals surface area (Å²) in [7, 11) is 0. The van der Waals surface area contributed by atoms with E-state index >= 15 is 0 Å². The maximum Gasteiger partial charge on any atom is 0.0622 e. The summed E-state index contributed by atoms with van der Waals surface area (Å²) in [5, 5.41) is 5.19. The molecule has 11 rings (SSSR count). The number of aromatic nitrogens is 1. The minimum Gasteiger partial charge on any atom is -0.311 e. The van der Waals surface area contributed by atoms with Crippen molar-refractivity contribution in [2.45, 2.75) is 19.3 Å². The molecule has 0 N–H and O–H groups in total. The molecule has 0 radical (unpaired) electrons. The Morgan fingerprint density at radius 1 is 0.404 bits per heavy atom. The summed E-state index contributed by atoms with van der Waals surface area (Å²) in [5.74, 6) is 0. The molecular weight excluding hydrogens is 689 g/mol. The predicted molar refractivity (Wildman–Crippen MR) is 241 cm³/mol. The largest absolute Gasteiger partial charge is 0.311 e. The summed E-state index contributed by atoms with van der Waals surface area (Å²) in [5.41, 5.74) is 17.2. The third-order valence-electron chi connectivity index (χ3n) is 12.2. The van der Waals surface area contributed by atoms with Crippen LogP contribution in [0, 0.1) is 0 Å². The molecule has 0 unspecified atom stereocenters. The Morgan fingerprint density at radius 2 is 0.930 bits per heavy atom. The number of fused-ring (bicyclic) bond motifs is 9. The zero-order valence-electron chi connectivity index (χ0n) is 32.0. The van der Waals surface area contributed by atoms with Crippen molar-refractivity contribution in [3.63, 3.8) is 0 Å². The first-order chi connectivity index (χ1) is 28.0. The molecule has 0 spiro atoms. The molecule has 2 heteroatoms. The highest BCUT2D eigenvalue weighted by molar-refractivity contribution is 6.21. The van der Waals surface area contributed by atoms with Crippen LogP contribution < -0.4 is 4.90 Å². The van der Waals surface area contributed by atoms with E-state index in [2.05, 4.69) is 230 Å². The maximum atomic E-state index is 2.50. The first kappa shape index (κ1) is 33.2. The standard InChI is InChI=1S/C55H40N2/c1-55(2)50-19-11-9-17-46(50)48-35-27-41-28-36-49-47-18-10-12-20-51(47)57(54(49)52(41)53(48)55)45-33-25-40(26-34-45)39-23-31-44(32-24-39)56(42-15-7-4-8-16-42)43-29-21-38(22-30-43)37-13-5-3-6-14-37/h3-36H,1-2H3. The van der Waals surface area contributed by atoms with Crippen LogP contribution in [0.2, 0.25) is 0 Å². The van der Waals surface area contributed by atoms with Gasteiger partial charge in [0.2, 0.25) is 0 Å². The highest BCUT2D eigenvalue weighted by Crippen LogP contribution is 2.53. The van der Waals surface area contributed by atoms with Crippen LogP contribution in [0.25, 0.3) is 71.6 Å². The van der Waals surface area contributed by atoms with Crippen molar-refractivity contribution in [3.05, 3.63) is 217 Å². The van der Waals surface area contributed by atoms with Gasteiger partial charge in [0.05, 0.1) is 11.0 Å². The lowest BCUT2D eigenvalue weighted by molar-refractivity contribution is 0.666. The average Bonchev–Trinajstić information content (AvgIpc) is 3.74. The second kappa shape index (κ2) is 13.0. The van der Waals surface area contributed by atoms with Crippen molar-refractivity contribution in [3.8, 4) is 39.1 Å². The van der Waals surface area contributed by atoms with Gasteiger partial charge in [0, 0.05) is 44.3 Å². The fourth-order valence-electron chi connectivity index (χ4n) is 9.47. The molecule has 0 aliphatic heterocycles. The van der Waals surface area contributed by atoms with Gasteiger partial charge in [0.15, 0.2) is 0 Å². The van der Waals surface area contributed by atoms with Crippen molar-refractivity contribution in [2.75, 3.05) is 4.90 Å². The minimum atomic E-state index is -0.126. The molecule has 0 saturated heterocycles. The summed E-state index contributed by atoms with van der Waals surface area (Å²) in [4.78, 5) is 2.32. The number of hydrogen-bond donors (Lipinski definition) is 0. The second-order valence-electron chi connectivity index (χ2n) is 15.7. The first-order valence-corrected chi connectivity index (χ1v) is 19.9. The Balaban J connectivity index is 0.994. The number of para-hydroxylation sites is 2. The first-order valence-electron chi connectivity index (χ1n) is 19.9. The van der Waals surface area contributed by atoms with E-state index < -0.39 is 0 Å². The second-order valence-corrected chi connectivity index (χ2v) is 15.7. The Labute approximate surface area is 333 Å². The molecule has 0 bridgehead atoms. The van der Waals surface area contributed by atoms with Gasteiger partial charge in [0.25, 0.3) is 0 Å². The number of nitrogens with zero attached hydrogens (tertiary/aromatic N) is 2. The average molecular weight is 729 g/mol. The molecule has 1 aromatic heterocycles. The molecule has 57 heavy (non-hydrogen) atoms. The van der Waals surface area contributed by atoms with Crippen LogP contribution in [-0.2, 0) is 5.41 Å². The molecule has 1 aliphatic rings. The van der Waals surface area contributed by atoms with Gasteiger partial charge in [-0.15, -0.1) is 0 Å². The lowest BCUT2D eigenvalue weighted by Gasteiger charge is -2.26. The molecular formula is C55H40N2. The van der Waals surface area contributed by atoms with Crippen LogP contribution in [0.1, 0.15) is 25.0 Å². The molecule has 0 atom stereocenters. The van der Waals surface area contributed by atoms with Gasteiger partial charge in [0.1, 0.15) is 0 Å². The van der Waals surface area contributed by atoms with E-state index in [-0.39, 0.29) is 5.41 Å². The summed E-state index contributed by atoms with van der Waals surface area (Å²) in [6, 6.07) is 75.2. The van der Waals surface area contributed by atoms with Crippen LogP contribution in [-0.4, -0.2) is 4.57 Å². The van der Waals surface area contributed by atoms with Crippen molar-refractivity contribution in [1.82, 2.24) is 4.57 Å². The predicted octanol–water partition coefficient (Wildman–Crippen LogP) is 15.0. The van der Waals surface area contributed by atoms with Crippen LogP contribution in [0.15, 0.2) is 206 Å². The highest BCUT2D eigenvalue weighted by Gasteiger charge is 2.37. The lowest BCUT2D eigenvalue weighted by Crippen LogP contribution is -2.15. The molecule has 2 nitrogen and oxygen atoms in total. The minimum absolute atomic E-state index is 0.126. The van der Waals surface area contributed by atoms with E-state index in [0.29, 0.717) is 0 Å². The molecule has 9 aromatic carbocycles. The molecule has 0 saturated carbocycles. The number of anilines is 3. The van der Waals surface area contributed by atoms with E-state index in [1.54, 1.807) is 0 Å². The highest BCUT2D eigenvalue weighted by atomic mass is 15.1. The lowest BCUT2D eigenvalue weighted by atomic mass is 9.80. The van der Waals surface area contributed by atoms with Crippen molar-refractivity contribution < 1.29 is 0 Å². The Bertz CT molecular complexity index is 3100. The summed E-state index contributed by atoms with van der Waals surface area (Å²) in [6.07, 6.45) is 0. The third-order valence-corrected chi connectivity index (χ3v) is 12.2. The smallest absolute Gasteiger partial charge is 0.0622 e. The normalized spacial score (nSPS) is 12.9. The van der Waals surface area contributed by atoms with Crippen molar-refractivity contribution >= 4 is 49.6 Å². The molecule has 1 aliphatic carbocycles. The fourth-order valence-corrected chi connectivity index (χ4v) is 9.47. The van der Waals surface area contributed by atoms with E-state index in [0.717, 1.165) is 22.7 Å². The van der Waals surface area contributed by atoms with Gasteiger partial charge in [-0.3, -0.25) is 0 Å². The molecule has 1 heterocycles. The quantitative estimate of drug-likeness (QED) is 0.165. The third kappa shape index (κ3) is 5.25. The van der Waals surface area contributed by atoms with E-state index in [1.807, 2.05) is 0 Å². The van der Waals surface area contributed by atoms with Crippen LogP contribution in [0.4, 0.5) is 17.1 Å². The fraction of sp³-hybridized carbons (Fsp3) is 0.0545. The summed E-state index contributed by atoms with van der Waals surface area (Å²) in [6.45, 7) is 4.79. The molecule has 0 fully saturated rings. The van der Waals surface area contributed by atoms with Crippen LogP contribution >= 0.6 is 0 Å². The number of rotatable bonds is 6. The SMILES string of the molecule is CC1(C)c2ccccc2-c2ccc3ccc4c5ccccc5n(-c5ccc(-c6ccc(N(c7ccccc7)c7ccc(-c8ccccc8)cc7)cc6)cc5)c4c3c21. The molecule has 10 aromatic rings. The summed E-state index contributed by atoms with van der Waals surface area (Å²) >= 11 is 0. The van der Waals surface area contributed by atoms with Crippen LogP contribution in [0.3, 0.4) is 0 Å². The van der Waals surface area contributed by atoms with Gasteiger partial charge < -0.3 is 9.47 Å². The monoisotopic (exact) mass is 728 g/mol. The Hall–Kier alpha value is -7.16. The number of benzene rings is 9. The molecule has 270 valence electrons. The maximum absolute atomic E-state index is 2.50. The van der Waals surface area contributed by atoms with E-state index in [4.69, 9.17) is 0 Å². The van der Waals surface area contributed by atoms with Gasteiger partial charge in [-0.2, -0.15) is 0 Å². The van der Waals surface area contributed by atoms with E-state index in [9.17, 15) is 0 Å².